The van der Waals surface area contributed by atoms with Crippen LogP contribution in [0.25, 0.3) is 0 Å². The molecule has 0 aromatic rings. The molecule has 0 heterocycles. The monoisotopic (exact) mass is 338 g/mol. The summed E-state index contributed by atoms with van der Waals surface area (Å²) in [5.41, 5.74) is 0.441. The minimum Gasteiger partial charge on any atom is -0.437 e. The van der Waals surface area contributed by atoms with Gasteiger partial charge in [0.15, 0.2) is 16.6 Å². The van der Waals surface area contributed by atoms with E-state index in [1.807, 2.05) is 0 Å². The lowest BCUT2D eigenvalue weighted by atomic mass is 10.6. The zero-order chi connectivity index (χ0) is 15.7. The summed E-state index contributed by atoms with van der Waals surface area (Å²) in [6, 6.07) is 0. The maximum atomic E-state index is 6.54. The zero-order valence-corrected chi connectivity index (χ0v) is 18.8. The fourth-order valence-corrected chi connectivity index (χ4v) is 19.7. The Morgan fingerprint density at radius 2 is 0.947 bits per heavy atom. The molecule has 1 atom stereocenters. The van der Waals surface area contributed by atoms with Gasteiger partial charge in [-0.15, -0.1) is 0 Å². The molecule has 0 amide bonds. The third-order valence-corrected chi connectivity index (χ3v) is 16.7. The molecule has 116 valence electrons. The molecule has 0 fully saturated rings. The lowest BCUT2D eigenvalue weighted by Gasteiger charge is -2.43. The number of hydrogen-bond donors (Lipinski definition) is 0. The zero-order valence-electron chi connectivity index (χ0n) is 14.8. The molecule has 1 unspecified atom stereocenters. The van der Waals surface area contributed by atoms with Gasteiger partial charge in [-0.1, -0.05) is 13.8 Å². The average molecular weight is 339 g/mol. The molecule has 19 heavy (non-hydrogen) atoms. The first-order valence-electron chi connectivity index (χ1n) is 7.17. The van der Waals surface area contributed by atoms with Gasteiger partial charge in [0.05, 0.1) is 0 Å². The highest BCUT2D eigenvalue weighted by Crippen LogP contribution is 2.31. The molecule has 0 aromatic heterocycles. The van der Waals surface area contributed by atoms with Crippen LogP contribution in [0.1, 0.15) is 13.8 Å². The molecule has 3 nitrogen and oxygen atoms in total. The van der Waals surface area contributed by atoms with Crippen molar-refractivity contribution in [2.75, 3.05) is 0 Å². The summed E-state index contributed by atoms with van der Waals surface area (Å²) in [5.74, 6) is 0. The van der Waals surface area contributed by atoms with E-state index < -0.39 is 33.8 Å². The highest BCUT2D eigenvalue weighted by atomic mass is 28.5. The average Bonchev–Trinajstić information content (AvgIpc) is 1.91. The second-order valence-electron chi connectivity index (χ2n) is 8.10. The SMILES string of the molecule is CC(C)[Si](C)(O[Si](C)(C)C)O[Si](C)(C)O[Si](C)(C)C. The van der Waals surface area contributed by atoms with Crippen LogP contribution in [0.4, 0.5) is 0 Å². The van der Waals surface area contributed by atoms with Crippen molar-refractivity contribution in [1.82, 2.24) is 0 Å². The Morgan fingerprint density at radius 3 is 1.21 bits per heavy atom. The lowest BCUT2D eigenvalue weighted by molar-refractivity contribution is 0.315. The van der Waals surface area contributed by atoms with Gasteiger partial charge in [0.2, 0.25) is 0 Å². The van der Waals surface area contributed by atoms with E-state index in [1.165, 1.54) is 0 Å². The van der Waals surface area contributed by atoms with Gasteiger partial charge in [-0.3, -0.25) is 0 Å². The van der Waals surface area contributed by atoms with Crippen LogP contribution in [0.5, 0.6) is 0 Å². The summed E-state index contributed by atoms with van der Waals surface area (Å²) in [5, 5.41) is 0. The summed E-state index contributed by atoms with van der Waals surface area (Å²) in [7, 11) is -7.46. The van der Waals surface area contributed by atoms with Gasteiger partial charge in [0.25, 0.3) is 0 Å². The molecule has 0 N–H and O–H groups in total. The molecule has 0 aliphatic heterocycles. The van der Waals surface area contributed by atoms with Gasteiger partial charge >= 0.3 is 17.1 Å². The molecule has 7 heteroatoms. The Kier molecular flexibility index (Phi) is 6.49. The Hall–Kier alpha value is 0.748. The van der Waals surface area contributed by atoms with E-state index in [-0.39, 0.29) is 0 Å². The van der Waals surface area contributed by atoms with E-state index in [0.29, 0.717) is 5.54 Å². The van der Waals surface area contributed by atoms with Crippen LogP contribution in [-0.2, 0) is 12.3 Å². The van der Waals surface area contributed by atoms with Crippen LogP contribution in [-0.4, -0.2) is 33.8 Å². The van der Waals surface area contributed by atoms with E-state index in [4.69, 9.17) is 12.3 Å². The minimum atomic E-state index is -2.18. The molecule has 0 bridgehead atoms. The minimum absolute atomic E-state index is 0.441. The first-order valence-corrected chi connectivity index (χ1v) is 19.2. The predicted molar refractivity (Wildman–Crippen MR) is 94.1 cm³/mol. The largest absolute Gasteiger partial charge is 0.437 e. The van der Waals surface area contributed by atoms with E-state index >= 15 is 0 Å². The Morgan fingerprint density at radius 1 is 0.579 bits per heavy atom. The summed E-state index contributed by atoms with van der Waals surface area (Å²) >= 11 is 0. The van der Waals surface area contributed by atoms with Crippen molar-refractivity contribution in [3.05, 3.63) is 0 Å². The van der Waals surface area contributed by atoms with E-state index in [9.17, 15) is 0 Å². The van der Waals surface area contributed by atoms with Crippen molar-refractivity contribution in [1.29, 1.82) is 0 Å². The smallest absolute Gasteiger partial charge is 0.318 e. The molecule has 0 aromatic carbocycles. The summed E-state index contributed by atoms with van der Waals surface area (Å²) in [6.07, 6.45) is 0. The molecule has 0 aliphatic rings. The Bertz CT molecular complexity index is 294. The van der Waals surface area contributed by atoms with Gasteiger partial charge in [-0.2, -0.15) is 0 Å². The second kappa shape index (κ2) is 6.25. The normalized spacial score (nSPS) is 17.7. The topological polar surface area (TPSA) is 27.7 Å². The summed E-state index contributed by atoms with van der Waals surface area (Å²) in [4.78, 5) is 0. The first kappa shape index (κ1) is 19.7. The van der Waals surface area contributed by atoms with Crippen molar-refractivity contribution < 1.29 is 12.3 Å². The lowest BCUT2D eigenvalue weighted by Crippen LogP contribution is -2.58. The quantitative estimate of drug-likeness (QED) is 0.619. The molecule has 0 saturated carbocycles. The van der Waals surface area contributed by atoms with Crippen molar-refractivity contribution in [2.24, 2.45) is 0 Å². The molecule has 0 radical (unpaired) electrons. The third-order valence-electron chi connectivity index (χ3n) is 2.56. The number of rotatable bonds is 7. The van der Waals surface area contributed by atoms with E-state index in [1.54, 1.807) is 0 Å². The Balaban J connectivity index is 5.03. The van der Waals surface area contributed by atoms with Crippen molar-refractivity contribution >= 4 is 33.8 Å². The maximum Gasteiger partial charge on any atom is 0.318 e. The third kappa shape index (κ3) is 8.59. The van der Waals surface area contributed by atoms with Gasteiger partial charge in [-0.05, 0) is 64.5 Å². The standard InChI is InChI=1S/C12H34O3Si4/c1-12(2)19(11,14-17(6,7)8)15-18(9,10)13-16(3,4)5/h12H,1-11H3. The first-order chi connectivity index (χ1) is 8.06. The molecule has 0 aliphatic carbocycles. The van der Waals surface area contributed by atoms with Crippen molar-refractivity contribution in [3.63, 3.8) is 0 Å². The second-order valence-corrected chi connectivity index (χ2v) is 25.0. The van der Waals surface area contributed by atoms with Crippen LogP contribution >= 0.6 is 0 Å². The fraction of sp³-hybridized carbons (Fsp3) is 1.00. The molecule has 0 spiro atoms. The van der Waals surface area contributed by atoms with Crippen LogP contribution in [0.2, 0.25) is 64.5 Å². The highest BCUT2D eigenvalue weighted by Gasteiger charge is 2.46. The van der Waals surface area contributed by atoms with Gasteiger partial charge in [-0.25, -0.2) is 0 Å². The molecule has 0 rings (SSSR count). The van der Waals surface area contributed by atoms with Gasteiger partial charge < -0.3 is 12.3 Å². The molecular weight excluding hydrogens is 304 g/mol. The predicted octanol–water partition coefficient (Wildman–Crippen LogP) is 4.89. The Labute approximate surface area is 124 Å². The number of hydrogen-bond acceptors (Lipinski definition) is 3. The van der Waals surface area contributed by atoms with Gasteiger partial charge in [0, 0.05) is 0 Å². The van der Waals surface area contributed by atoms with Crippen LogP contribution in [0, 0.1) is 0 Å². The van der Waals surface area contributed by atoms with Crippen molar-refractivity contribution in [2.45, 2.75) is 78.3 Å². The highest BCUT2D eigenvalue weighted by molar-refractivity contribution is 6.89. The van der Waals surface area contributed by atoms with Crippen LogP contribution < -0.4 is 0 Å². The van der Waals surface area contributed by atoms with E-state index in [0.717, 1.165) is 0 Å². The molecule has 0 saturated heterocycles. The summed E-state index contributed by atoms with van der Waals surface area (Å²) in [6.45, 7) is 24.3. The van der Waals surface area contributed by atoms with Crippen LogP contribution in [0.15, 0.2) is 0 Å². The molecular formula is C12H34O3Si4. The van der Waals surface area contributed by atoms with Gasteiger partial charge in [0.1, 0.15) is 0 Å². The fourth-order valence-electron chi connectivity index (χ4n) is 2.11. The van der Waals surface area contributed by atoms with Crippen molar-refractivity contribution in [3.8, 4) is 0 Å². The van der Waals surface area contributed by atoms with Crippen LogP contribution in [0.3, 0.4) is 0 Å². The van der Waals surface area contributed by atoms with E-state index in [2.05, 4.69) is 72.8 Å². The summed E-state index contributed by atoms with van der Waals surface area (Å²) < 4.78 is 19.3. The maximum absolute atomic E-state index is 6.54.